The lowest BCUT2D eigenvalue weighted by Crippen LogP contribution is -2.42. The number of methoxy groups -OCH3 is 1. The molecule has 7 nitrogen and oxygen atoms in total. The van der Waals surface area contributed by atoms with Crippen molar-refractivity contribution in [2.75, 3.05) is 25.5 Å². The molecular formula is C13H17N5O2. The van der Waals surface area contributed by atoms with Crippen molar-refractivity contribution < 1.29 is 9.53 Å². The smallest absolute Gasteiger partial charge is 0.409 e. The van der Waals surface area contributed by atoms with E-state index in [0.29, 0.717) is 19.1 Å². The Hall–Kier alpha value is -2.31. The summed E-state index contributed by atoms with van der Waals surface area (Å²) in [5.74, 6) is 0.841. The van der Waals surface area contributed by atoms with Crippen molar-refractivity contribution in [3.05, 3.63) is 18.6 Å². The van der Waals surface area contributed by atoms with Crippen LogP contribution in [0.15, 0.2) is 18.6 Å². The lowest BCUT2D eigenvalue weighted by Gasteiger charge is -2.31. The Bertz CT molecular complexity index is 604. The maximum absolute atomic E-state index is 11.4. The molecule has 0 bridgehead atoms. The van der Waals surface area contributed by atoms with Crippen LogP contribution in [0.4, 0.5) is 10.6 Å². The van der Waals surface area contributed by atoms with Crippen molar-refractivity contribution in [1.82, 2.24) is 19.9 Å². The Labute approximate surface area is 116 Å². The zero-order chi connectivity index (χ0) is 13.9. The van der Waals surface area contributed by atoms with E-state index in [0.717, 1.165) is 29.7 Å². The van der Waals surface area contributed by atoms with Crippen molar-refractivity contribution in [2.24, 2.45) is 0 Å². The van der Waals surface area contributed by atoms with Gasteiger partial charge in [0.15, 0.2) is 0 Å². The molecule has 0 radical (unpaired) electrons. The van der Waals surface area contributed by atoms with Gasteiger partial charge in [-0.2, -0.15) is 0 Å². The number of aromatic amines is 1. The summed E-state index contributed by atoms with van der Waals surface area (Å²) in [6, 6.07) is 2.27. The summed E-state index contributed by atoms with van der Waals surface area (Å²) in [5, 5.41) is 4.43. The van der Waals surface area contributed by atoms with Gasteiger partial charge in [-0.1, -0.05) is 0 Å². The number of fused-ring (bicyclic) bond motifs is 1. The molecule has 3 heterocycles. The number of piperidine rings is 1. The molecule has 20 heavy (non-hydrogen) atoms. The minimum absolute atomic E-state index is 0.251. The van der Waals surface area contributed by atoms with Crippen LogP contribution in [-0.2, 0) is 4.74 Å². The summed E-state index contributed by atoms with van der Waals surface area (Å²) in [6.07, 6.45) is 4.91. The van der Waals surface area contributed by atoms with Crippen LogP contribution >= 0.6 is 0 Å². The normalized spacial score (nSPS) is 16.4. The number of carbonyl (C=O) groups is 1. The first-order valence-corrected chi connectivity index (χ1v) is 6.65. The Morgan fingerprint density at radius 1 is 1.45 bits per heavy atom. The monoisotopic (exact) mass is 275 g/mol. The van der Waals surface area contributed by atoms with Gasteiger partial charge in [-0.3, -0.25) is 0 Å². The van der Waals surface area contributed by atoms with E-state index >= 15 is 0 Å². The molecule has 1 saturated heterocycles. The number of anilines is 1. The highest BCUT2D eigenvalue weighted by molar-refractivity contribution is 5.86. The van der Waals surface area contributed by atoms with Gasteiger partial charge in [0.2, 0.25) is 0 Å². The van der Waals surface area contributed by atoms with Gasteiger partial charge in [-0.25, -0.2) is 14.8 Å². The molecule has 0 aromatic carbocycles. The highest BCUT2D eigenvalue weighted by Crippen LogP contribution is 2.21. The van der Waals surface area contributed by atoms with E-state index in [4.69, 9.17) is 4.74 Å². The van der Waals surface area contributed by atoms with Crippen molar-refractivity contribution in [1.29, 1.82) is 0 Å². The second-order valence-electron chi connectivity index (χ2n) is 4.84. The lowest BCUT2D eigenvalue weighted by atomic mass is 10.1. The number of ether oxygens (including phenoxy) is 1. The number of H-pyrrole nitrogens is 1. The highest BCUT2D eigenvalue weighted by Gasteiger charge is 2.23. The Kier molecular flexibility index (Phi) is 3.41. The molecule has 1 amide bonds. The minimum atomic E-state index is -0.251. The summed E-state index contributed by atoms with van der Waals surface area (Å²) in [6.45, 7) is 1.40. The van der Waals surface area contributed by atoms with Gasteiger partial charge in [-0.15, -0.1) is 0 Å². The quantitative estimate of drug-likeness (QED) is 0.869. The first-order valence-electron chi connectivity index (χ1n) is 6.65. The molecule has 2 N–H and O–H groups in total. The highest BCUT2D eigenvalue weighted by atomic mass is 16.5. The molecule has 2 aromatic rings. The number of hydrogen-bond donors (Lipinski definition) is 2. The lowest BCUT2D eigenvalue weighted by molar-refractivity contribution is 0.113. The van der Waals surface area contributed by atoms with E-state index in [2.05, 4.69) is 20.3 Å². The van der Waals surface area contributed by atoms with Crippen LogP contribution in [-0.4, -0.2) is 52.2 Å². The van der Waals surface area contributed by atoms with E-state index in [1.807, 2.05) is 12.3 Å². The molecule has 0 spiro atoms. The van der Waals surface area contributed by atoms with Gasteiger partial charge in [0.05, 0.1) is 12.5 Å². The summed E-state index contributed by atoms with van der Waals surface area (Å²) < 4.78 is 4.73. The molecule has 2 aromatic heterocycles. The molecule has 3 rings (SSSR count). The third-order valence-corrected chi connectivity index (χ3v) is 3.62. The van der Waals surface area contributed by atoms with Crippen LogP contribution in [0.2, 0.25) is 0 Å². The largest absolute Gasteiger partial charge is 0.453 e. The number of nitrogens with zero attached hydrogens (tertiary/aromatic N) is 3. The number of likely N-dealkylation sites (tertiary alicyclic amines) is 1. The average molecular weight is 275 g/mol. The van der Waals surface area contributed by atoms with Crippen molar-refractivity contribution >= 4 is 22.9 Å². The van der Waals surface area contributed by atoms with Gasteiger partial charge in [0.25, 0.3) is 0 Å². The van der Waals surface area contributed by atoms with E-state index in [9.17, 15) is 4.79 Å². The van der Waals surface area contributed by atoms with Crippen LogP contribution in [0.1, 0.15) is 12.8 Å². The van der Waals surface area contributed by atoms with Gasteiger partial charge in [0, 0.05) is 25.3 Å². The standard InChI is InChI=1S/C13H17N5O2/c1-20-13(19)18-6-3-9(4-7-18)17-12-10-2-5-14-11(10)15-8-16-12/h2,5,8-9H,3-4,6-7H2,1H3,(H2,14,15,16,17). The zero-order valence-electron chi connectivity index (χ0n) is 11.3. The maximum atomic E-state index is 11.4. The third-order valence-electron chi connectivity index (χ3n) is 3.62. The summed E-state index contributed by atoms with van der Waals surface area (Å²) in [4.78, 5) is 24.7. The van der Waals surface area contributed by atoms with Crippen molar-refractivity contribution in [3.8, 4) is 0 Å². The fourth-order valence-corrected chi connectivity index (χ4v) is 2.52. The second-order valence-corrected chi connectivity index (χ2v) is 4.84. The van der Waals surface area contributed by atoms with Crippen molar-refractivity contribution in [3.63, 3.8) is 0 Å². The van der Waals surface area contributed by atoms with Gasteiger partial charge in [0.1, 0.15) is 17.8 Å². The molecule has 0 atom stereocenters. The predicted molar refractivity (Wildman–Crippen MR) is 74.5 cm³/mol. The fraction of sp³-hybridized carbons (Fsp3) is 0.462. The molecule has 1 aliphatic heterocycles. The molecule has 0 unspecified atom stereocenters. The molecule has 0 saturated carbocycles. The van der Waals surface area contributed by atoms with Gasteiger partial charge >= 0.3 is 6.09 Å². The number of amides is 1. The zero-order valence-corrected chi connectivity index (χ0v) is 11.3. The van der Waals surface area contributed by atoms with Gasteiger partial charge < -0.3 is 19.9 Å². The minimum Gasteiger partial charge on any atom is -0.453 e. The first-order chi connectivity index (χ1) is 9.78. The number of nitrogens with one attached hydrogen (secondary N) is 2. The Morgan fingerprint density at radius 2 is 2.25 bits per heavy atom. The van der Waals surface area contributed by atoms with E-state index in [1.54, 1.807) is 11.2 Å². The average Bonchev–Trinajstić information content (AvgIpc) is 2.97. The number of aromatic nitrogens is 3. The number of carbonyl (C=O) groups excluding carboxylic acids is 1. The third kappa shape index (κ3) is 2.38. The van der Waals surface area contributed by atoms with E-state index in [1.165, 1.54) is 7.11 Å². The van der Waals surface area contributed by atoms with Crippen LogP contribution in [0.5, 0.6) is 0 Å². The predicted octanol–water partition coefficient (Wildman–Crippen LogP) is 1.60. The molecule has 1 fully saturated rings. The SMILES string of the molecule is COC(=O)N1CCC(Nc2ncnc3[nH]ccc23)CC1. The van der Waals surface area contributed by atoms with E-state index in [-0.39, 0.29) is 6.09 Å². The van der Waals surface area contributed by atoms with Crippen LogP contribution in [0.3, 0.4) is 0 Å². The molecule has 0 aliphatic carbocycles. The molecule has 1 aliphatic rings. The molecule has 7 heteroatoms. The first kappa shape index (κ1) is 12.7. The van der Waals surface area contributed by atoms with E-state index < -0.39 is 0 Å². The summed E-state index contributed by atoms with van der Waals surface area (Å²) in [5.41, 5.74) is 0.828. The van der Waals surface area contributed by atoms with Crippen LogP contribution < -0.4 is 5.32 Å². The molecular weight excluding hydrogens is 258 g/mol. The summed E-state index contributed by atoms with van der Waals surface area (Å²) >= 11 is 0. The second kappa shape index (κ2) is 5.36. The fourth-order valence-electron chi connectivity index (χ4n) is 2.52. The number of rotatable bonds is 2. The summed E-state index contributed by atoms with van der Waals surface area (Å²) in [7, 11) is 1.41. The van der Waals surface area contributed by atoms with Gasteiger partial charge in [-0.05, 0) is 18.9 Å². The van der Waals surface area contributed by atoms with Crippen molar-refractivity contribution in [2.45, 2.75) is 18.9 Å². The Morgan fingerprint density at radius 3 is 3.00 bits per heavy atom. The molecule has 106 valence electrons. The topological polar surface area (TPSA) is 83.1 Å². The number of hydrogen-bond acceptors (Lipinski definition) is 5. The maximum Gasteiger partial charge on any atom is 0.409 e. The Balaban J connectivity index is 1.65. The van der Waals surface area contributed by atoms with Crippen LogP contribution in [0.25, 0.3) is 11.0 Å². The van der Waals surface area contributed by atoms with Crippen LogP contribution in [0, 0.1) is 0 Å².